The van der Waals surface area contributed by atoms with Crippen LogP contribution in [-0.2, 0) is 0 Å². The molecule has 0 aliphatic heterocycles. The fourth-order valence-electron chi connectivity index (χ4n) is 1.23. The molecule has 0 aliphatic carbocycles. The predicted octanol–water partition coefficient (Wildman–Crippen LogP) is 1.90. The Morgan fingerprint density at radius 3 is 2.76 bits per heavy atom. The minimum absolute atomic E-state index is 0.288. The summed E-state index contributed by atoms with van der Waals surface area (Å²) < 4.78 is 5.20. The SMILES string of the molecule is COc1ccccc1/C=N\NC(=S)NC(C)C. The molecule has 0 unspecified atom stereocenters. The monoisotopic (exact) mass is 251 g/mol. The first-order valence-electron chi connectivity index (χ1n) is 5.36. The molecule has 0 heterocycles. The third-order valence-corrected chi connectivity index (χ3v) is 2.14. The molecule has 4 nitrogen and oxygen atoms in total. The summed E-state index contributed by atoms with van der Waals surface area (Å²) in [5.74, 6) is 0.779. The number of rotatable bonds is 4. The Bertz CT molecular complexity index is 404. The fraction of sp³-hybridized carbons (Fsp3) is 0.333. The van der Waals surface area contributed by atoms with E-state index < -0.39 is 0 Å². The second kappa shape index (κ2) is 6.85. The van der Waals surface area contributed by atoms with Crippen LogP contribution >= 0.6 is 12.2 Å². The van der Waals surface area contributed by atoms with Gasteiger partial charge in [0.05, 0.1) is 13.3 Å². The van der Waals surface area contributed by atoms with Crippen LogP contribution in [0.4, 0.5) is 0 Å². The van der Waals surface area contributed by atoms with Crippen LogP contribution in [-0.4, -0.2) is 24.5 Å². The normalized spacial score (nSPS) is 10.6. The van der Waals surface area contributed by atoms with Crippen LogP contribution in [0.1, 0.15) is 19.4 Å². The van der Waals surface area contributed by atoms with Crippen molar-refractivity contribution in [2.75, 3.05) is 7.11 Å². The highest BCUT2D eigenvalue weighted by Crippen LogP contribution is 2.14. The minimum atomic E-state index is 0.288. The molecule has 5 heteroatoms. The number of ether oxygens (including phenoxy) is 1. The van der Waals surface area contributed by atoms with Gasteiger partial charge >= 0.3 is 0 Å². The minimum Gasteiger partial charge on any atom is -0.496 e. The second-order valence-electron chi connectivity index (χ2n) is 3.74. The first kappa shape index (κ1) is 13.4. The Labute approximate surface area is 107 Å². The van der Waals surface area contributed by atoms with Crippen LogP contribution in [0.25, 0.3) is 0 Å². The van der Waals surface area contributed by atoms with Crippen molar-refractivity contribution in [3.8, 4) is 5.75 Å². The third kappa shape index (κ3) is 4.82. The maximum atomic E-state index is 5.20. The molecule has 0 amide bonds. The van der Waals surface area contributed by atoms with E-state index in [1.807, 2.05) is 38.1 Å². The molecule has 1 rings (SSSR count). The van der Waals surface area contributed by atoms with Gasteiger partial charge in [-0.05, 0) is 38.2 Å². The van der Waals surface area contributed by atoms with E-state index in [2.05, 4.69) is 15.8 Å². The van der Waals surface area contributed by atoms with Crippen molar-refractivity contribution in [3.63, 3.8) is 0 Å². The van der Waals surface area contributed by atoms with Gasteiger partial charge in [-0.3, -0.25) is 5.43 Å². The van der Waals surface area contributed by atoms with E-state index in [1.54, 1.807) is 13.3 Å². The number of para-hydroxylation sites is 1. The molecule has 1 aromatic rings. The smallest absolute Gasteiger partial charge is 0.187 e. The topological polar surface area (TPSA) is 45.6 Å². The summed E-state index contributed by atoms with van der Waals surface area (Å²) in [5, 5.41) is 7.58. The van der Waals surface area contributed by atoms with Gasteiger partial charge in [-0.1, -0.05) is 12.1 Å². The summed E-state index contributed by atoms with van der Waals surface area (Å²) in [6.07, 6.45) is 1.67. The Kier molecular flexibility index (Phi) is 5.42. The van der Waals surface area contributed by atoms with Crippen LogP contribution in [0.3, 0.4) is 0 Å². The van der Waals surface area contributed by atoms with E-state index in [4.69, 9.17) is 17.0 Å². The number of hydrogen-bond acceptors (Lipinski definition) is 3. The maximum Gasteiger partial charge on any atom is 0.187 e. The number of nitrogens with zero attached hydrogens (tertiary/aromatic N) is 1. The highest BCUT2D eigenvalue weighted by Gasteiger charge is 1.98. The number of thiocarbonyl (C=S) groups is 1. The second-order valence-corrected chi connectivity index (χ2v) is 4.15. The maximum absolute atomic E-state index is 5.20. The average molecular weight is 251 g/mol. The summed E-state index contributed by atoms with van der Waals surface area (Å²) >= 11 is 5.04. The molecule has 1 aromatic carbocycles. The molecule has 0 bridgehead atoms. The molecule has 0 aromatic heterocycles. The highest BCUT2D eigenvalue weighted by molar-refractivity contribution is 7.80. The molecule has 0 saturated heterocycles. The van der Waals surface area contributed by atoms with Gasteiger partial charge in [0, 0.05) is 11.6 Å². The van der Waals surface area contributed by atoms with Crippen molar-refractivity contribution in [3.05, 3.63) is 29.8 Å². The number of hydrazone groups is 1. The molecule has 0 radical (unpaired) electrons. The summed E-state index contributed by atoms with van der Waals surface area (Å²) in [7, 11) is 1.63. The number of nitrogens with one attached hydrogen (secondary N) is 2. The lowest BCUT2D eigenvalue weighted by Gasteiger charge is -2.09. The van der Waals surface area contributed by atoms with Gasteiger partial charge < -0.3 is 10.1 Å². The van der Waals surface area contributed by atoms with Crippen LogP contribution in [0, 0.1) is 0 Å². The molecule has 2 N–H and O–H groups in total. The zero-order chi connectivity index (χ0) is 12.7. The summed E-state index contributed by atoms with van der Waals surface area (Å²) in [6.45, 7) is 4.02. The van der Waals surface area contributed by atoms with Crippen molar-refractivity contribution in [2.45, 2.75) is 19.9 Å². The Morgan fingerprint density at radius 2 is 2.12 bits per heavy atom. The molecule has 0 saturated carbocycles. The van der Waals surface area contributed by atoms with Crippen molar-refractivity contribution in [1.82, 2.24) is 10.7 Å². The molecule has 0 aliphatic rings. The molecule has 0 spiro atoms. The first-order valence-corrected chi connectivity index (χ1v) is 5.77. The summed E-state index contributed by atoms with van der Waals surface area (Å²) in [4.78, 5) is 0. The molecule has 0 fully saturated rings. The Hall–Kier alpha value is -1.62. The van der Waals surface area contributed by atoms with E-state index in [0.29, 0.717) is 5.11 Å². The van der Waals surface area contributed by atoms with E-state index >= 15 is 0 Å². The largest absolute Gasteiger partial charge is 0.496 e. The fourth-order valence-corrected chi connectivity index (χ4v) is 1.52. The molecular weight excluding hydrogens is 234 g/mol. The van der Waals surface area contributed by atoms with Crippen molar-refractivity contribution >= 4 is 23.5 Å². The lowest BCUT2D eigenvalue weighted by molar-refractivity contribution is 0.414. The van der Waals surface area contributed by atoms with E-state index in [0.717, 1.165) is 11.3 Å². The molecule has 0 atom stereocenters. The van der Waals surface area contributed by atoms with Gasteiger partial charge in [-0.2, -0.15) is 5.10 Å². The van der Waals surface area contributed by atoms with E-state index in [-0.39, 0.29) is 6.04 Å². The van der Waals surface area contributed by atoms with E-state index in [9.17, 15) is 0 Å². The average Bonchev–Trinajstić information content (AvgIpc) is 2.28. The molecule has 92 valence electrons. The number of hydrogen-bond donors (Lipinski definition) is 2. The van der Waals surface area contributed by atoms with Gasteiger partial charge in [0.2, 0.25) is 0 Å². The molecular formula is C12H17N3OS. The lowest BCUT2D eigenvalue weighted by Crippen LogP contribution is -2.36. The van der Waals surface area contributed by atoms with Gasteiger partial charge in [0.25, 0.3) is 0 Å². The van der Waals surface area contributed by atoms with Crippen LogP contribution in [0.5, 0.6) is 5.75 Å². The number of methoxy groups -OCH3 is 1. The quantitative estimate of drug-likeness (QED) is 0.487. The van der Waals surface area contributed by atoms with Crippen molar-refractivity contribution < 1.29 is 4.74 Å². The zero-order valence-corrected chi connectivity index (χ0v) is 11.0. The summed E-state index contributed by atoms with van der Waals surface area (Å²) in [5.41, 5.74) is 3.65. The zero-order valence-electron chi connectivity index (χ0n) is 10.2. The van der Waals surface area contributed by atoms with Crippen LogP contribution in [0.15, 0.2) is 29.4 Å². The standard InChI is InChI=1S/C12H17N3OS/c1-9(2)14-12(17)15-13-8-10-6-4-5-7-11(10)16-3/h4-9H,1-3H3,(H2,14,15,17)/b13-8-. The van der Waals surface area contributed by atoms with Crippen LogP contribution in [0.2, 0.25) is 0 Å². The van der Waals surface area contributed by atoms with Crippen LogP contribution < -0.4 is 15.5 Å². The van der Waals surface area contributed by atoms with E-state index in [1.165, 1.54) is 0 Å². The van der Waals surface area contributed by atoms with Gasteiger partial charge in [0.1, 0.15) is 5.75 Å². The van der Waals surface area contributed by atoms with Gasteiger partial charge in [-0.25, -0.2) is 0 Å². The molecule has 17 heavy (non-hydrogen) atoms. The third-order valence-electron chi connectivity index (χ3n) is 1.93. The number of benzene rings is 1. The lowest BCUT2D eigenvalue weighted by atomic mass is 10.2. The van der Waals surface area contributed by atoms with Gasteiger partial charge in [-0.15, -0.1) is 0 Å². The Morgan fingerprint density at radius 1 is 1.41 bits per heavy atom. The Balaban J connectivity index is 2.56. The van der Waals surface area contributed by atoms with Crippen molar-refractivity contribution in [1.29, 1.82) is 0 Å². The first-order chi connectivity index (χ1) is 8.13. The summed E-state index contributed by atoms with van der Waals surface area (Å²) in [6, 6.07) is 7.93. The highest BCUT2D eigenvalue weighted by atomic mass is 32.1. The van der Waals surface area contributed by atoms with Crippen molar-refractivity contribution in [2.24, 2.45) is 5.10 Å². The predicted molar refractivity (Wildman–Crippen MR) is 74.6 cm³/mol. The van der Waals surface area contributed by atoms with Gasteiger partial charge in [0.15, 0.2) is 5.11 Å².